The van der Waals surface area contributed by atoms with E-state index in [1.54, 1.807) is 5.38 Å². The summed E-state index contributed by atoms with van der Waals surface area (Å²) < 4.78 is 0. The predicted octanol–water partition coefficient (Wildman–Crippen LogP) is 1.79. The molecule has 12 heavy (non-hydrogen) atoms. The SMILES string of the molecule is Cc1csc([C@H](N)C(=O)O)c1Cl. The van der Waals surface area contributed by atoms with Crippen LogP contribution >= 0.6 is 22.9 Å². The highest BCUT2D eigenvalue weighted by molar-refractivity contribution is 7.11. The van der Waals surface area contributed by atoms with Crippen LogP contribution in [0.15, 0.2) is 5.38 Å². The van der Waals surface area contributed by atoms with Crippen molar-refractivity contribution < 1.29 is 9.90 Å². The fourth-order valence-corrected chi connectivity index (χ4v) is 2.08. The fourth-order valence-electron chi connectivity index (χ4n) is 0.772. The summed E-state index contributed by atoms with van der Waals surface area (Å²) in [5.41, 5.74) is 6.25. The Labute approximate surface area is 78.8 Å². The normalized spacial score (nSPS) is 12.9. The van der Waals surface area contributed by atoms with Crippen LogP contribution in [0.1, 0.15) is 16.5 Å². The number of aliphatic carboxylic acids is 1. The van der Waals surface area contributed by atoms with Crippen LogP contribution < -0.4 is 5.73 Å². The van der Waals surface area contributed by atoms with Crippen LogP contribution in [-0.2, 0) is 4.79 Å². The number of rotatable bonds is 2. The fraction of sp³-hybridized carbons (Fsp3) is 0.286. The molecule has 0 radical (unpaired) electrons. The lowest BCUT2D eigenvalue weighted by Gasteiger charge is -2.03. The maximum atomic E-state index is 10.5. The first-order valence-corrected chi connectivity index (χ1v) is 4.51. The van der Waals surface area contributed by atoms with E-state index >= 15 is 0 Å². The average Bonchev–Trinajstić information content (AvgIpc) is 2.32. The second-order valence-corrected chi connectivity index (χ2v) is 3.70. The van der Waals surface area contributed by atoms with Crippen LogP contribution in [0.5, 0.6) is 0 Å². The lowest BCUT2D eigenvalue weighted by Crippen LogP contribution is -2.19. The smallest absolute Gasteiger partial charge is 0.326 e. The largest absolute Gasteiger partial charge is 0.480 e. The van der Waals surface area contributed by atoms with E-state index in [0.717, 1.165) is 5.56 Å². The Morgan fingerprint density at radius 3 is 2.75 bits per heavy atom. The van der Waals surface area contributed by atoms with Gasteiger partial charge in [0, 0.05) is 0 Å². The van der Waals surface area contributed by atoms with E-state index in [1.807, 2.05) is 6.92 Å². The molecule has 0 aliphatic rings. The Morgan fingerprint density at radius 2 is 2.42 bits per heavy atom. The molecule has 0 aliphatic carbocycles. The summed E-state index contributed by atoms with van der Waals surface area (Å²) in [6, 6.07) is -1.00. The molecule has 3 N–H and O–H groups in total. The van der Waals surface area contributed by atoms with E-state index in [1.165, 1.54) is 11.3 Å². The maximum Gasteiger partial charge on any atom is 0.326 e. The van der Waals surface area contributed by atoms with Gasteiger partial charge in [0.15, 0.2) is 0 Å². The van der Waals surface area contributed by atoms with E-state index < -0.39 is 12.0 Å². The van der Waals surface area contributed by atoms with Crippen molar-refractivity contribution in [3.05, 3.63) is 20.8 Å². The lowest BCUT2D eigenvalue weighted by molar-refractivity contribution is -0.138. The first-order valence-electron chi connectivity index (χ1n) is 3.26. The Morgan fingerprint density at radius 1 is 1.83 bits per heavy atom. The van der Waals surface area contributed by atoms with Crippen molar-refractivity contribution in [3.63, 3.8) is 0 Å². The number of carboxylic acids is 1. The number of carbonyl (C=O) groups is 1. The number of aryl methyl sites for hydroxylation is 1. The zero-order valence-corrected chi connectivity index (χ0v) is 7.95. The molecule has 0 amide bonds. The topological polar surface area (TPSA) is 63.3 Å². The maximum absolute atomic E-state index is 10.5. The molecule has 3 nitrogen and oxygen atoms in total. The third-order valence-corrected chi connectivity index (χ3v) is 3.27. The van der Waals surface area contributed by atoms with Crippen LogP contribution in [0.4, 0.5) is 0 Å². The third kappa shape index (κ3) is 1.60. The van der Waals surface area contributed by atoms with Crippen molar-refractivity contribution in [2.45, 2.75) is 13.0 Å². The van der Waals surface area contributed by atoms with Crippen molar-refractivity contribution in [3.8, 4) is 0 Å². The molecule has 0 aliphatic heterocycles. The van der Waals surface area contributed by atoms with Crippen molar-refractivity contribution in [1.29, 1.82) is 0 Å². The van der Waals surface area contributed by atoms with Gasteiger partial charge in [0.05, 0.1) is 9.90 Å². The standard InChI is InChI=1S/C7H8ClNO2S/c1-3-2-12-6(4(3)8)5(9)7(10)11/h2,5H,9H2,1H3,(H,10,11)/t5-/m0/s1. The number of hydrogen-bond acceptors (Lipinski definition) is 3. The molecule has 0 saturated carbocycles. The summed E-state index contributed by atoms with van der Waals surface area (Å²) in [7, 11) is 0. The molecule has 1 atom stereocenters. The zero-order valence-electron chi connectivity index (χ0n) is 6.37. The van der Waals surface area contributed by atoms with Crippen LogP contribution in [-0.4, -0.2) is 11.1 Å². The number of nitrogens with two attached hydrogens (primary N) is 1. The van der Waals surface area contributed by atoms with Crippen LogP contribution in [0.3, 0.4) is 0 Å². The number of hydrogen-bond donors (Lipinski definition) is 2. The quantitative estimate of drug-likeness (QED) is 0.774. The van der Waals surface area contributed by atoms with E-state index in [-0.39, 0.29) is 0 Å². The van der Waals surface area contributed by atoms with E-state index in [9.17, 15) is 4.79 Å². The summed E-state index contributed by atoms with van der Waals surface area (Å²) in [5, 5.41) is 10.9. The molecule has 0 saturated heterocycles. The predicted molar refractivity (Wildman–Crippen MR) is 48.6 cm³/mol. The molecule has 0 bridgehead atoms. The van der Waals surface area contributed by atoms with Gasteiger partial charge in [0.25, 0.3) is 0 Å². The Hall–Kier alpha value is -0.580. The number of thiophene rings is 1. The molecule has 0 fully saturated rings. The van der Waals surface area contributed by atoms with E-state index in [2.05, 4.69) is 0 Å². The minimum atomic E-state index is -1.06. The molecule has 1 rings (SSSR count). The van der Waals surface area contributed by atoms with Crippen molar-refractivity contribution in [2.24, 2.45) is 5.73 Å². The summed E-state index contributed by atoms with van der Waals surface area (Å²) in [5.74, 6) is -1.06. The Kier molecular flexibility index (Phi) is 2.72. The molecule has 66 valence electrons. The van der Waals surface area contributed by atoms with Gasteiger partial charge in [0.1, 0.15) is 6.04 Å². The molecule has 1 aromatic rings. The molecule has 0 unspecified atom stereocenters. The number of halogens is 1. The van der Waals surface area contributed by atoms with Gasteiger partial charge in [-0.1, -0.05) is 11.6 Å². The Bertz CT molecular complexity index is 310. The first-order chi connectivity index (χ1) is 5.54. The van der Waals surface area contributed by atoms with Gasteiger partial charge in [-0.25, -0.2) is 0 Å². The molecule has 1 aromatic heterocycles. The van der Waals surface area contributed by atoms with Gasteiger partial charge in [-0.15, -0.1) is 11.3 Å². The highest BCUT2D eigenvalue weighted by atomic mass is 35.5. The minimum Gasteiger partial charge on any atom is -0.480 e. The van der Waals surface area contributed by atoms with Gasteiger partial charge in [-0.05, 0) is 17.9 Å². The van der Waals surface area contributed by atoms with Gasteiger partial charge in [-0.2, -0.15) is 0 Å². The highest BCUT2D eigenvalue weighted by Gasteiger charge is 2.19. The van der Waals surface area contributed by atoms with Crippen LogP contribution in [0.2, 0.25) is 5.02 Å². The van der Waals surface area contributed by atoms with Gasteiger partial charge < -0.3 is 10.8 Å². The second kappa shape index (κ2) is 3.43. The van der Waals surface area contributed by atoms with E-state index in [4.69, 9.17) is 22.4 Å². The highest BCUT2D eigenvalue weighted by Crippen LogP contribution is 2.31. The lowest BCUT2D eigenvalue weighted by atomic mass is 10.2. The van der Waals surface area contributed by atoms with Gasteiger partial charge in [-0.3, -0.25) is 4.79 Å². The third-order valence-electron chi connectivity index (χ3n) is 1.47. The minimum absolute atomic E-state index is 0.468. The summed E-state index contributed by atoms with van der Waals surface area (Å²) >= 11 is 7.09. The van der Waals surface area contributed by atoms with E-state index in [0.29, 0.717) is 9.90 Å². The summed E-state index contributed by atoms with van der Waals surface area (Å²) in [4.78, 5) is 11.0. The monoisotopic (exact) mass is 205 g/mol. The molecule has 1 heterocycles. The summed E-state index contributed by atoms with van der Waals surface area (Å²) in [6.07, 6.45) is 0. The molecule has 0 aromatic carbocycles. The molecular weight excluding hydrogens is 198 g/mol. The van der Waals surface area contributed by atoms with Crippen LogP contribution in [0.25, 0.3) is 0 Å². The van der Waals surface area contributed by atoms with Crippen LogP contribution in [0, 0.1) is 6.92 Å². The van der Waals surface area contributed by atoms with Crippen molar-refractivity contribution >= 4 is 28.9 Å². The van der Waals surface area contributed by atoms with Crippen molar-refractivity contribution in [1.82, 2.24) is 0 Å². The Balaban J connectivity index is 3.03. The van der Waals surface area contributed by atoms with Crippen molar-refractivity contribution in [2.75, 3.05) is 0 Å². The summed E-state index contributed by atoms with van der Waals surface area (Å²) in [6.45, 7) is 1.82. The van der Waals surface area contributed by atoms with Gasteiger partial charge in [0.2, 0.25) is 0 Å². The molecule has 5 heteroatoms. The molecule has 0 spiro atoms. The number of carboxylic acid groups (broad SMARTS) is 1. The first kappa shape index (κ1) is 9.51. The zero-order chi connectivity index (χ0) is 9.30. The average molecular weight is 206 g/mol. The second-order valence-electron chi connectivity index (χ2n) is 2.41. The molecular formula is C7H8ClNO2S. The van der Waals surface area contributed by atoms with Gasteiger partial charge >= 0.3 is 5.97 Å².